The molecule has 1 aliphatic heterocycles. The molecule has 1 aliphatic rings. The second-order valence-corrected chi connectivity index (χ2v) is 7.76. The van der Waals surface area contributed by atoms with Crippen molar-refractivity contribution in [2.45, 2.75) is 26.3 Å². The zero-order valence-electron chi connectivity index (χ0n) is 17.3. The Hall–Kier alpha value is -3.19. The molecule has 2 aromatic carbocycles. The minimum Gasteiger partial charge on any atom is -0.378 e. The molecule has 1 amide bonds. The topological polar surface area (TPSA) is 76.5 Å². The van der Waals surface area contributed by atoms with E-state index in [2.05, 4.69) is 29.2 Å². The average molecular weight is 406 g/mol. The van der Waals surface area contributed by atoms with Gasteiger partial charge in [0, 0.05) is 24.2 Å². The summed E-state index contributed by atoms with van der Waals surface area (Å²) in [7, 11) is 0. The Morgan fingerprint density at radius 3 is 2.40 bits per heavy atom. The molecule has 7 nitrogen and oxygen atoms in total. The first-order valence-corrected chi connectivity index (χ1v) is 10.3. The van der Waals surface area contributed by atoms with Crippen LogP contribution in [-0.2, 0) is 16.1 Å². The van der Waals surface area contributed by atoms with Crippen LogP contribution in [0.2, 0.25) is 0 Å². The molecule has 4 rings (SSSR count). The molecule has 3 aromatic rings. The highest BCUT2D eigenvalue weighted by Gasteiger charge is 2.19. The van der Waals surface area contributed by atoms with Crippen LogP contribution in [0.4, 0.5) is 11.5 Å². The van der Waals surface area contributed by atoms with E-state index in [1.807, 2.05) is 42.5 Å². The molecule has 30 heavy (non-hydrogen) atoms. The molecule has 0 atom stereocenters. The predicted molar refractivity (Wildman–Crippen MR) is 118 cm³/mol. The summed E-state index contributed by atoms with van der Waals surface area (Å²) in [4.78, 5) is 27.7. The first-order valence-electron chi connectivity index (χ1n) is 10.3. The van der Waals surface area contributed by atoms with Gasteiger partial charge in [-0.05, 0) is 29.7 Å². The van der Waals surface area contributed by atoms with Gasteiger partial charge in [0.2, 0.25) is 5.91 Å². The number of hydrogen-bond donors (Lipinski definition) is 1. The Balaban J connectivity index is 1.61. The van der Waals surface area contributed by atoms with Gasteiger partial charge in [-0.25, -0.2) is 4.68 Å². The summed E-state index contributed by atoms with van der Waals surface area (Å²) < 4.78 is 6.69. The SMILES string of the molecule is CC(C)c1ccc(NC(=O)Cn2nc(N3CCOCC3)c3ccccc3c2=O)cc1. The number of ether oxygens (including phenoxy) is 1. The number of carbonyl (C=O) groups is 1. The molecule has 0 spiro atoms. The van der Waals surface area contributed by atoms with Crippen molar-refractivity contribution in [3.63, 3.8) is 0 Å². The minimum absolute atomic E-state index is 0.146. The van der Waals surface area contributed by atoms with E-state index in [-0.39, 0.29) is 18.0 Å². The summed E-state index contributed by atoms with van der Waals surface area (Å²) in [6.45, 7) is 6.72. The van der Waals surface area contributed by atoms with Crippen LogP contribution in [0.3, 0.4) is 0 Å². The number of fused-ring (bicyclic) bond motifs is 1. The van der Waals surface area contributed by atoms with E-state index in [0.717, 1.165) is 5.39 Å². The zero-order valence-corrected chi connectivity index (χ0v) is 17.3. The maximum Gasteiger partial charge on any atom is 0.275 e. The Labute approximate surface area is 175 Å². The second kappa shape index (κ2) is 8.67. The number of rotatable bonds is 5. The molecule has 7 heteroatoms. The van der Waals surface area contributed by atoms with Crippen molar-refractivity contribution in [3.8, 4) is 0 Å². The van der Waals surface area contributed by atoms with Crippen LogP contribution < -0.4 is 15.8 Å². The van der Waals surface area contributed by atoms with Gasteiger partial charge in [0.1, 0.15) is 6.54 Å². The van der Waals surface area contributed by atoms with E-state index in [4.69, 9.17) is 4.74 Å². The largest absolute Gasteiger partial charge is 0.378 e. The van der Waals surface area contributed by atoms with Crippen molar-refractivity contribution in [3.05, 3.63) is 64.4 Å². The molecule has 1 aromatic heterocycles. The molecular weight excluding hydrogens is 380 g/mol. The maximum absolute atomic E-state index is 12.9. The molecule has 2 heterocycles. The van der Waals surface area contributed by atoms with E-state index >= 15 is 0 Å². The first-order chi connectivity index (χ1) is 14.5. The molecule has 156 valence electrons. The number of anilines is 2. The van der Waals surface area contributed by atoms with Crippen molar-refractivity contribution < 1.29 is 9.53 Å². The number of nitrogens with one attached hydrogen (secondary N) is 1. The summed E-state index contributed by atoms with van der Waals surface area (Å²) in [5.41, 5.74) is 1.63. The van der Waals surface area contributed by atoms with Gasteiger partial charge in [-0.3, -0.25) is 9.59 Å². The number of benzene rings is 2. The normalized spacial score (nSPS) is 14.3. The Bertz CT molecular complexity index is 1100. The third-order valence-electron chi connectivity index (χ3n) is 5.31. The van der Waals surface area contributed by atoms with Crippen LogP contribution in [0.5, 0.6) is 0 Å². The number of aromatic nitrogens is 2. The van der Waals surface area contributed by atoms with E-state index in [9.17, 15) is 9.59 Å². The fourth-order valence-corrected chi connectivity index (χ4v) is 3.62. The fourth-order valence-electron chi connectivity index (χ4n) is 3.62. The molecule has 0 radical (unpaired) electrons. The Kier molecular flexibility index (Phi) is 5.81. The molecule has 0 aliphatic carbocycles. The number of amides is 1. The van der Waals surface area contributed by atoms with Crippen molar-refractivity contribution in [1.82, 2.24) is 9.78 Å². The van der Waals surface area contributed by atoms with Crippen LogP contribution in [0, 0.1) is 0 Å². The van der Waals surface area contributed by atoms with E-state index < -0.39 is 0 Å². The van der Waals surface area contributed by atoms with E-state index in [0.29, 0.717) is 49.1 Å². The predicted octanol–water partition coefficient (Wildman–Crippen LogP) is 3.00. The summed E-state index contributed by atoms with van der Waals surface area (Å²) in [5, 5.41) is 8.77. The van der Waals surface area contributed by atoms with Crippen molar-refractivity contribution in [2.75, 3.05) is 36.5 Å². The Morgan fingerprint density at radius 1 is 1.07 bits per heavy atom. The van der Waals surface area contributed by atoms with E-state index in [1.165, 1.54) is 10.2 Å². The Morgan fingerprint density at radius 2 is 1.73 bits per heavy atom. The number of nitrogens with zero attached hydrogens (tertiary/aromatic N) is 3. The summed E-state index contributed by atoms with van der Waals surface area (Å²) in [6, 6.07) is 15.1. The lowest BCUT2D eigenvalue weighted by atomic mass is 10.0. The summed E-state index contributed by atoms with van der Waals surface area (Å²) in [5.74, 6) is 0.849. The van der Waals surface area contributed by atoms with Gasteiger partial charge in [0.15, 0.2) is 5.82 Å². The molecule has 0 unspecified atom stereocenters. The number of carbonyl (C=O) groups excluding carboxylic acids is 1. The molecule has 1 fully saturated rings. The molecule has 1 N–H and O–H groups in total. The van der Waals surface area contributed by atoms with Crippen LogP contribution in [-0.4, -0.2) is 42.0 Å². The van der Waals surface area contributed by atoms with Crippen LogP contribution in [0.15, 0.2) is 53.3 Å². The van der Waals surface area contributed by atoms with Gasteiger partial charge in [-0.2, -0.15) is 5.10 Å². The quantitative estimate of drug-likeness (QED) is 0.705. The molecule has 0 bridgehead atoms. The van der Waals surface area contributed by atoms with Crippen molar-refractivity contribution in [1.29, 1.82) is 0 Å². The number of morpholine rings is 1. The van der Waals surface area contributed by atoms with Crippen molar-refractivity contribution in [2.24, 2.45) is 0 Å². The minimum atomic E-state index is -0.287. The highest BCUT2D eigenvalue weighted by Crippen LogP contribution is 2.23. The lowest BCUT2D eigenvalue weighted by molar-refractivity contribution is -0.117. The van der Waals surface area contributed by atoms with Gasteiger partial charge in [-0.1, -0.05) is 44.2 Å². The summed E-state index contributed by atoms with van der Waals surface area (Å²) >= 11 is 0. The van der Waals surface area contributed by atoms with Crippen molar-refractivity contribution >= 4 is 28.2 Å². The average Bonchev–Trinajstić information content (AvgIpc) is 2.76. The zero-order chi connectivity index (χ0) is 21.1. The van der Waals surface area contributed by atoms with Gasteiger partial charge < -0.3 is 15.0 Å². The lowest BCUT2D eigenvalue weighted by Crippen LogP contribution is -2.39. The van der Waals surface area contributed by atoms with Crippen LogP contribution in [0.1, 0.15) is 25.3 Å². The van der Waals surface area contributed by atoms with Crippen LogP contribution >= 0.6 is 0 Å². The fraction of sp³-hybridized carbons (Fsp3) is 0.348. The highest BCUT2D eigenvalue weighted by molar-refractivity contribution is 5.93. The van der Waals surface area contributed by atoms with Gasteiger partial charge in [0.05, 0.1) is 18.6 Å². The second-order valence-electron chi connectivity index (χ2n) is 7.76. The lowest BCUT2D eigenvalue weighted by Gasteiger charge is -2.29. The van der Waals surface area contributed by atoms with E-state index in [1.54, 1.807) is 6.07 Å². The molecular formula is C23H26N4O3. The highest BCUT2D eigenvalue weighted by atomic mass is 16.5. The smallest absolute Gasteiger partial charge is 0.275 e. The summed E-state index contributed by atoms with van der Waals surface area (Å²) in [6.07, 6.45) is 0. The van der Waals surface area contributed by atoms with Gasteiger partial charge in [-0.15, -0.1) is 0 Å². The van der Waals surface area contributed by atoms with Gasteiger partial charge >= 0.3 is 0 Å². The molecule has 0 saturated carbocycles. The monoisotopic (exact) mass is 406 g/mol. The standard InChI is InChI=1S/C23H26N4O3/c1-16(2)17-7-9-18(10-8-17)24-21(28)15-27-23(29)20-6-4-3-5-19(20)22(25-27)26-11-13-30-14-12-26/h3-10,16H,11-15H2,1-2H3,(H,24,28). The third kappa shape index (κ3) is 4.21. The first kappa shape index (κ1) is 20.1. The van der Waals surface area contributed by atoms with Crippen LogP contribution in [0.25, 0.3) is 10.8 Å². The third-order valence-corrected chi connectivity index (χ3v) is 5.31. The maximum atomic E-state index is 12.9. The van der Waals surface area contributed by atoms with Gasteiger partial charge in [0.25, 0.3) is 5.56 Å². The molecule has 1 saturated heterocycles. The number of hydrogen-bond acceptors (Lipinski definition) is 5.